The maximum absolute atomic E-state index is 12.9. The average Bonchev–Trinajstić information content (AvgIpc) is 2.61. The molecule has 5 nitrogen and oxygen atoms in total. The molecule has 1 aromatic carbocycles. The maximum atomic E-state index is 12.9. The third-order valence-electron chi connectivity index (χ3n) is 4.21. The van der Waals surface area contributed by atoms with E-state index in [0.29, 0.717) is 51.3 Å². The summed E-state index contributed by atoms with van der Waals surface area (Å²) in [5, 5.41) is 2.93. The summed E-state index contributed by atoms with van der Waals surface area (Å²) in [5.74, 6) is -0.452. The molecule has 2 amide bonds. The van der Waals surface area contributed by atoms with Crippen molar-refractivity contribution in [1.82, 2.24) is 10.2 Å². The molecule has 1 fully saturated rings. The van der Waals surface area contributed by atoms with Crippen molar-refractivity contribution < 1.29 is 18.7 Å². The number of hydrogen-bond donors (Lipinski definition) is 1. The van der Waals surface area contributed by atoms with Crippen molar-refractivity contribution in [3.8, 4) is 0 Å². The molecule has 1 aliphatic heterocycles. The highest BCUT2D eigenvalue weighted by atomic mass is 19.1. The van der Waals surface area contributed by atoms with Crippen molar-refractivity contribution in [2.24, 2.45) is 5.92 Å². The van der Waals surface area contributed by atoms with Crippen LogP contribution in [0.5, 0.6) is 0 Å². The standard InChI is InChI=1S/C18H25FN2O3/c1-2-24-13-3-10-20-17(22)14-8-11-21(12-9-14)18(23)15-4-6-16(19)7-5-15/h4-7,14H,2-3,8-13H2,1H3,(H,20,22). The highest BCUT2D eigenvalue weighted by Gasteiger charge is 2.27. The van der Waals surface area contributed by atoms with Crippen molar-refractivity contribution in [1.29, 1.82) is 0 Å². The summed E-state index contributed by atoms with van der Waals surface area (Å²) in [7, 11) is 0. The molecule has 1 aliphatic rings. The van der Waals surface area contributed by atoms with Gasteiger partial charge in [-0.3, -0.25) is 9.59 Å². The second kappa shape index (κ2) is 9.37. The number of nitrogens with one attached hydrogen (secondary N) is 1. The minimum Gasteiger partial charge on any atom is -0.382 e. The Hall–Kier alpha value is -1.95. The third-order valence-corrected chi connectivity index (χ3v) is 4.21. The Balaban J connectivity index is 1.73. The Labute approximate surface area is 142 Å². The van der Waals surface area contributed by atoms with Gasteiger partial charge in [0, 0.05) is 44.3 Å². The molecule has 0 bridgehead atoms. The average molecular weight is 336 g/mol. The fraction of sp³-hybridized carbons (Fsp3) is 0.556. The first-order valence-electron chi connectivity index (χ1n) is 8.52. The molecule has 0 spiro atoms. The SMILES string of the molecule is CCOCCCNC(=O)C1CCN(C(=O)c2ccc(F)cc2)CC1. The lowest BCUT2D eigenvalue weighted by Gasteiger charge is -2.31. The van der Waals surface area contributed by atoms with Crippen molar-refractivity contribution in [2.45, 2.75) is 26.2 Å². The smallest absolute Gasteiger partial charge is 0.253 e. The molecule has 1 saturated heterocycles. The van der Waals surface area contributed by atoms with Crippen LogP contribution in [0.15, 0.2) is 24.3 Å². The van der Waals surface area contributed by atoms with Gasteiger partial charge in [-0.25, -0.2) is 4.39 Å². The second-order valence-electron chi connectivity index (χ2n) is 5.91. The molecule has 0 radical (unpaired) electrons. The summed E-state index contributed by atoms with van der Waals surface area (Å²) in [5.41, 5.74) is 0.482. The fourth-order valence-corrected chi connectivity index (χ4v) is 2.79. The van der Waals surface area contributed by atoms with Gasteiger partial charge in [-0.2, -0.15) is 0 Å². The van der Waals surface area contributed by atoms with E-state index in [0.717, 1.165) is 6.42 Å². The predicted octanol–water partition coefficient (Wildman–Crippen LogP) is 2.22. The maximum Gasteiger partial charge on any atom is 0.253 e. The minimum absolute atomic E-state index is 0.0469. The Morgan fingerprint density at radius 2 is 1.92 bits per heavy atom. The van der Waals surface area contributed by atoms with Crippen LogP contribution in [0.3, 0.4) is 0 Å². The number of likely N-dealkylation sites (tertiary alicyclic amines) is 1. The van der Waals surface area contributed by atoms with Gasteiger partial charge in [0.1, 0.15) is 5.82 Å². The van der Waals surface area contributed by atoms with E-state index in [9.17, 15) is 14.0 Å². The van der Waals surface area contributed by atoms with Crippen LogP contribution in [0.4, 0.5) is 4.39 Å². The van der Waals surface area contributed by atoms with Crippen molar-refractivity contribution in [2.75, 3.05) is 32.8 Å². The largest absolute Gasteiger partial charge is 0.382 e. The number of carbonyl (C=O) groups is 2. The molecule has 0 atom stereocenters. The predicted molar refractivity (Wildman–Crippen MR) is 89.1 cm³/mol. The molecule has 24 heavy (non-hydrogen) atoms. The Bertz CT molecular complexity index is 540. The summed E-state index contributed by atoms with van der Waals surface area (Å²) in [6, 6.07) is 5.56. The number of hydrogen-bond acceptors (Lipinski definition) is 3. The van der Waals surface area contributed by atoms with E-state index in [2.05, 4.69) is 5.32 Å². The summed E-state index contributed by atoms with van der Waals surface area (Å²) in [4.78, 5) is 26.2. The van der Waals surface area contributed by atoms with E-state index in [-0.39, 0.29) is 23.5 Å². The lowest BCUT2D eigenvalue weighted by molar-refractivity contribution is -0.126. The van der Waals surface area contributed by atoms with Crippen LogP contribution in [0, 0.1) is 11.7 Å². The van der Waals surface area contributed by atoms with Crippen molar-refractivity contribution in [3.05, 3.63) is 35.6 Å². The summed E-state index contributed by atoms with van der Waals surface area (Å²) < 4.78 is 18.2. The fourth-order valence-electron chi connectivity index (χ4n) is 2.79. The zero-order valence-electron chi connectivity index (χ0n) is 14.1. The van der Waals surface area contributed by atoms with Gasteiger partial charge in [-0.1, -0.05) is 0 Å². The zero-order chi connectivity index (χ0) is 17.4. The van der Waals surface area contributed by atoms with Gasteiger partial charge in [0.2, 0.25) is 5.91 Å². The van der Waals surface area contributed by atoms with Gasteiger partial charge in [-0.15, -0.1) is 0 Å². The molecule has 1 aromatic rings. The second-order valence-corrected chi connectivity index (χ2v) is 5.91. The van der Waals surface area contributed by atoms with Crippen LogP contribution in [-0.2, 0) is 9.53 Å². The molecule has 0 unspecified atom stereocenters. The molecule has 0 saturated carbocycles. The number of halogens is 1. The number of carbonyl (C=O) groups excluding carboxylic acids is 2. The molecular weight excluding hydrogens is 311 g/mol. The van der Waals surface area contributed by atoms with Gasteiger partial charge in [-0.05, 0) is 50.5 Å². The summed E-state index contributed by atoms with van der Waals surface area (Å²) >= 11 is 0. The third kappa shape index (κ3) is 5.30. The van der Waals surface area contributed by atoms with Gasteiger partial charge in [0.05, 0.1) is 0 Å². The van der Waals surface area contributed by atoms with Crippen LogP contribution in [-0.4, -0.2) is 49.6 Å². The van der Waals surface area contributed by atoms with Gasteiger partial charge < -0.3 is 15.0 Å². The minimum atomic E-state index is -0.355. The van der Waals surface area contributed by atoms with Crippen LogP contribution in [0.2, 0.25) is 0 Å². The van der Waals surface area contributed by atoms with Gasteiger partial charge in [0.15, 0.2) is 0 Å². The molecule has 132 valence electrons. The number of piperidine rings is 1. The highest BCUT2D eigenvalue weighted by molar-refractivity contribution is 5.94. The van der Waals surface area contributed by atoms with E-state index in [1.807, 2.05) is 6.92 Å². The van der Waals surface area contributed by atoms with Crippen molar-refractivity contribution >= 4 is 11.8 Å². The molecule has 0 aliphatic carbocycles. The van der Waals surface area contributed by atoms with E-state index in [1.165, 1.54) is 24.3 Å². The summed E-state index contributed by atoms with van der Waals surface area (Å²) in [6.07, 6.45) is 2.12. The van der Waals surface area contributed by atoms with E-state index in [1.54, 1.807) is 4.90 Å². The molecule has 6 heteroatoms. The lowest BCUT2D eigenvalue weighted by Crippen LogP contribution is -2.43. The number of nitrogens with zero attached hydrogens (tertiary/aromatic N) is 1. The summed E-state index contributed by atoms with van der Waals surface area (Å²) in [6.45, 7) is 5.00. The molecule has 1 N–H and O–H groups in total. The molecular formula is C18H25FN2O3. The lowest BCUT2D eigenvalue weighted by atomic mass is 9.95. The first-order chi connectivity index (χ1) is 11.6. The van der Waals surface area contributed by atoms with Crippen LogP contribution in [0.1, 0.15) is 36.5 Å². The molecule has 1 heterocycles. The normalized spacial score (nSPS) is 15.3. The van der Waals surface area contributed by atoms with Crippen molar-refractivity contribution in [3.63, 3.8) is 0 Å². The monoisotopic (exact) mass is 336 g/mol. The van der Waals surface area contributed by atoms with Crippen LogP contribution >= 0.6 is 0 Å². The van der Waals surface area contributed by atoms with Crippen LogP contribution < -0.4 is 5.32 Å². The first-order valence-corrected chi connectivity index (χ1v) is 8.52. The quantitative estimate of drug-likeness (QED) is 0.777. The first kappa shape index (κ1) is 18.4. The Morgan fingerprint density at radius 3 is 2.54 bits per heavy atom. The van der Waals surface area contributed by atoms with E-state index in [4.69, 9.17) is 4.74 Å². The molecule has 0 aromatic heterocycles. The van der Waals surface area contributed by atoms with Crippen LogP contribution in [0.25, 0.3) is 0 Å². The topological polar surface area (TPSA) is 58.6 Å². The number of amides is 2. The van der Waals surface area contributed by atoms with Gasteiger partial charge in [0.25, 0.3) is 5.91 Å². The number of benzene rings is 1. The van der Waals surface area contributed by atoms with E-state index >= 15 is 0 Å². The Kier molecular flexibility index (Phi) is 7.18. The number of rotatable bonds is 7. The zero-order valence-corrected chi connectivity index (χ0v) is 14.1. The highest BCUT2D eigenvalue weighted by Crippen LogP contribution is 2.19. The van der Waals surface area contributed by atoms with E-state index < -0.39 is 0 Å². The molecule has 2 rings (SSSR count). The van der Waals surface area contributed by atoms with Gasteiger partial charge >= 0.3 is 0 Å². The number of ether oxygens (including phenoxy) is 1. The Morgan fingerprint density at radius 1 is 1.25 bits per heavy atom.